The molecule has 3 N–H and O–H groups in total. The highest BCUT2D eigenvalue weighted by Crippen LogP contribution is 2.33. The van der Waals surface area contributed by atoms with Gasteiger partial charge < -0.3 is 30.3 Å². The van der Waals surface area contributed by atoms with Gasteiger partial charge in [-0.3, -0.25) is 0 Å². The monoisotopic (exact) mass is 513 g/mol. The fraction of sp³-hybridized carbons (Fsp3) is 0.286. The lowest BCUT2D eigenvalue weighted by molar-refractivity contribution is 0.194. The summed E-state index contributed by atoms with van der Waals surface area (Å²) in [5, 5.41) is 3.02. The van der Waals surface area contributed by atoms with Crippen LogP contribution in [0.3, 0.4) is 0 Å². The third kappa shape index (κ3) is 5.24. The van der Waals surface area contributed by atoms with Gasteiger partial charge in [-0.2, -0.15) is 4.98 Å². The van der Waals surface area contributed by atoms with Crippen molar-refractivity contribution in [2.24, 2.45) is 0 Å². The molecule has 5 rings (SSSR count). The minimum absolute atomic E-state index is 0.0776. The van der Waals surface area contributed by atoms with E-state index in [1.165, 1.54) is 5.56 Å². The number of nitrogen functional groups attached to an aromatic ring is 1. The normalized spacial score (nSPS) is 13.4. The van der Waals surface area contributed by atoms with Crippen molar-refractivity contribution in [3.63, 3.8) is 0 Å². The second-order valence-electron chi connectivity index (χ2n) is 9.16. The first-order valence-electron chi connectivity index (χ1n) is 12.4. The minimum Gasteiger partial charge on any atom is -0.493 e. The number of benzene rings is 2. The lowest BCUT2D eigenvalue weighted by Gasteiger charge is -2.35. The van der Waals surface area contributed by atoms with E-state index in [1.54, 1.807) is 14.2 Å². The summed E-state index contributed by atoms with van der Waals surface area (Å²) < 4.78 is 10.8. The lowest BCUT2D eigenvalue weighted by atomic mass is 10.1. The van der Waals surface area contributed by atoms with Gasteiger partial charge in [-0.15, -0.1) is 0 Å². The number of nitrogens with one attached hydrogen (secondary N) is 1. The first kappa shape index (κ1) is 25.1. The number of ether oxygens (including phenoxy) is 2. The number of nitrogens with zero attached hydrogens (tertiary/aromatic N) is 5. The Kier molecular flexibility index (Phi) is 7.12. The number of hydrogen-bond donors (Lipinski definition) is 2. The minimum atomic E-state index is -0.0776. The zero-order chi connectivity index (χ0) is 26.6. The van der Waals surface area contributed by atoms with E-state index < -0.39 is 0 Å². The van der Waals surface area contributed by atoms with Crippen molar-refractivity contribution >= 4 is 28.8 Å². The molecule has 1 fully saturated rings. The van der Waals surface area contributed by atoms with Gasteiger partial charge in [0.25, 0.3) is 0 Å². The van der Waals surface area contributed by atoms with E-state index in [0.29, 0.717) is 61.1 Å². The average Bonchev–Trinajstić information content (AvgIpc) is 2.95. The molecular weight excluding hydrogens is 482 g/mol. The van der Waals surface area contributed by atoms with E-state index in [4.69, 9.17) is 20.2 Å². The topological polar surface area (TPSA) is 119 Å². The fourth-order valence-corrected chi connectivity index (χ4v) is 4.51. The first-order chi connectivity index (χ1) is 18.4. The number of fused-ring (bicyclic) bond motifs is 1. The number of pyridine rings is 1. The number of aryl methyl sites for hydroxylation is 1. The predicted molar refractivity (Wildman–Crippen MR) is 147 cm³/mol. The van der Waals surface area contributed by atoms with E-state index in [-0.39, 0.29) is 12.0 Å². The largest absolute Gasteiger partial charge is 0.493 e. The zero-order valence-corrected chi connectivity index (χ0v) is 21.8. The highest BCUT2D eigenvalue weighted by atomic mass is 16.5. The molecule has 2 aromatic heterocycles. The molecule has 196 valence electrons. The van der Waals surface area contributed by atoms with Crippen molar-refractivity contribution in [3.05, 3.63) is 65.7 Å². The van der Waals surface area contributed by atoms with Crippen LogP contribution in [0.15, 0.2) is 54.6 Å². The summed E-state index contributed by atoms with van der Waals surface area (Å²) in [6, 6.07) is 17.5. The third-order valence-electron chi connectivity index (χ3n) is 6.65. The number of aromatic nitrogens is 3. The molecule has 1 aliphatic rings. The highest BCUT2D eigenvalue weighted by Gasteiger charge is 2.24. The molecule has 3 heterocycles. The van der Waals surface area contributed by atoms with Gasteiger partial charge in [0, 0.05) is 38.3 Å². The summed E-state index contributed by atoms with van der Waals surface area (Å²) in [5.41, 5.74) is 11.3. The standard InChI is InChI=1S/C28H31N7O3/c1-18-4-6-19(7-5-18)17-30-28(36)35-14-12-34(13-15-35)26-25-22(32-27(29)33-26)10-9-21(31-25)20-8-11-23(37-2)24(16-20)38-3/h4-11,16H,12-15,17H2,1-3H3,(H,30,36)(H2,29,32,33). The number of anilines is 2. The predicted octanol–water partition coefficient (Wildman–Crippen LogP) is 3.63. The van der Waals surface area contributed by atoms with Crippen LogP contribution >= 0.6 is 0 Å². The fourth-order valence-electron chi connectivity index (χ4n) is 4.51. The number of methoxy groups -OCH3 is 2. The quantitative estimate of drug-likeness (QED) is 0.401. The molecule has 1 saturated heterocycles. The SMILES string of the molecule is COc1ccc(-c2ccc3nc(N)nc(N4CCN(C(=O)NCc5ccc(C)cc5)CC4)c3n2)cc1OC. The molecule has 0 atom stereocenters. The van der Waals surface area contributed by atoms with Crippen LogP contribution in [0.5, 0.6) is 11.5 Å². The van der Waals surface area contributed by atoms with Crippen molar-refractivity contribution in [1.29, 1.82) is 0 Å². The van der Waals surface area contributed by atoms with E-state index in [1.807, 2.05) is 66.4 Å². The number of hydrogen-bond acceptors (Lipinski definition) is 8. The molecule has 0 unspecified atom stereocenters. The Bertz CT molecular complexity index is 1450. The molecule has 10 nitrogen and oxygen atoms in total. The zero-order valence-electron chi connectivity index (χ0n) is 21.8. The smallest absolute Gasteiger partial charge is 0.317 e. The lowest BCUT2D eigenvalue weighted by Crippen LogP contribution is -2.52. The number of rotatable bonds is 6. The van der Waals surface area contributed by atoms with Crippen molar-refractivity contribution in [2.75, 3.05) is 51.0 Å². The van der Waals surface area contributed by atoms with Gasteiger partial charge in [0.05, 0.1) is 25.4 Å². The van der Waals surface area contributed by atoms with E-state index in [0.717, 1.165) is 16.8 Å². The summed E-state index contributed by atoms with van der Waals surface area (Å²) in [7, 11) is 3.21. The van der Waals surface area contributed by atoms with Crippen LogP contribution in [0.2, 0.25) is 0 Å². The van der Waals surface area contributed by atoms with Crippen LogP contribution in [0.4, 0.5) is 16.6 Å². The number of carbonyl (C=O) groups is 1. The maximum Gasteiger partial charge on any atom is 0.317 e. The summed E-state index contributed by atoms with van der Waals surface area (Å²) in [6.45, 7) is 4.86. The van der Waals surface area contributed by atoms with Crippen LogP contribution < -0.4 is 25.4 Å². The Balaban J connectivity index is 1.33. The van der Waals surface area contributed by atoms with Gasteiger partial charge in [0.15, 0.2) is 17.3 Å². The van der Waals surface area contributed by atoms with Gasteiger partial charge in [0.2, 0.25) is 5.95 Å². The van der Waals surface area contributed by atoms with E-state index in [2.05, 4.69) is 20.2 Å². The maximum absolute atomic E-state index is 12.8. The molecule has 4 aromatic rings. The number of urea groups is 1. The molecule has 1 aliphatic heterocycles. The summed E-state index contributed by atoms with van der Waals surface area (Å²) in [6.07, 6.45) is 0. The second kappa shape index (κ2) is 10.8. The number of nitrogens with two attached hydrogens (primary N) is 1. The molecule has 0 radical (unpaired) electrons. The van der Waals surface area contributed by atoms with Crippen LogP contribution in [0, 0.1) is 6.92 Å². The van der Waals surface area contributed by atoms with Crippen molar-refractivity contribution in [3.8, 4) is 22.8 Å². The molecule has 2 amide bonds. The Morgan fingerprint density at radius 3 is 2.37 bits per heavy atom. The Morgan fingerprint density at radius 1 is 0.921 bits per heavy atom. The molecule has 0 aliphatic carbocycles. The van der Waals surface area contributed by atoms with Crippen LogP contribution in [-0.2, 0) is 6.54 Å². The molecule has 0 bridgehead atoms. The highest BCUT2D eigenvalue weighted by molar-refractivity contribution is 5.89. The molecule has 2 aromatic carbocycles. The van der Waals surface area contributed by atoms with Crippen molar-refractivity contribution in [1.82, 2.24) is 25.2 Å². The molecular formula is C28H31N7O3. The van der Waals surface area contributed by atoms with Gasteiger partial charge in [-0.1, -0.05) is 29.8 Å². The number of piperazine rings is 1. The number of carbonyl (C=O) groups excluding carboxylic acids is 1. The molecule has 0 spiro atoms. The van der Waals surface area contributed by atoms with Gasteiger partial charge >= 0.3 is 6.03 Å². The van der Waals surface area contributed by atoms with Crippen LogP contribution in [0.25, 0.3) is 22.3 Å². The average molecular weight is 514 g/mol. The second-order valence-corrected chi connectivity index (χ2v) is 9.16. The Morgan fingerprint density at radius 2 is 1.66 bits per heavy atom. The third-order valence-corrected chi connectivity index (χ3v) is 6.65. The van der Waals surface area contributed by atoms with Gasteiger partial charge in [-0.25, -0.2) is 14.8 Å². The van der Waals surface area contributed by atoms with Gasteiger partial charge in [-0.05, 0) is 42.8 Å². The summed E-state index contributed by atoms with van der Waals surface area (Å²) in [4.78, 5) is 30.5. The van der Waals surface area contributed by atoms with Gasteiger partial charge in [0.1, 0.15) is 5.52 Å². The molecule has 38 heavy (non-hydrogen) atoms. The summed E-state index contributed by atoms with van der Waals surface area (Å²) in [5.74, 6) is 2.12. The van der Waals surface area contributed by atoms with Crippen LogP contribution in [-0.4, -0.2) is 66.3 Å². The van der Waals surface area contributed by atoms with Crippen molar-refractivity contribution < 1.29 is 14.3 Å². The first-order valence-corrected chi connectivity index (χ1v) is 12.4. The van der Waals surface area contributed by atoms with Crippen LogP contribution in [0.1, 0.15) is 11.1 Å². The van der Waals surface area contributed by atoms with E-state index in [9.17, 15) is 4.79 Å². The Hall–Kier alpha value is -4.60. The number of amides is 2. The Labute approximate surface area is 221 Å². The maximum atomic E-state index is 12.8. The molecule has 0 saturated carbocycles. The van der Waals surface area contributed by atoms with E-state index >= 15 is 0 Å². The summed E-state index contributed by atoms with van der Waals surface area (Å²) >= 11 is 0. The van der Waals surface area contributed by atoms with Crippen molar-refractivity contribution in [2.45, 2.75) is 13.5 Å². The molecule has 10 heteroatoms.